The van der Waals surface area contributed by atoms with Crippen molar-refractivity contribution in [3.8, 4) is 5.75 Å². The monoisotopic (exact) mass is 476 g/mol. The number of hydrogen-bond acceptors (Lipinski definition) is 7. The average molecular weight is 477 g/mol. The summed E-state index contributed by atoms with van der Waals surface area (Å²) in [5, 5.41) is 8.99. The first-order valence-corrected chi connectivity index (χ1v) is 15.6. The summed E-state index contributed by atoms with van der Waals surface area (Å²) >= 11 is 0. The summed E-state index contributed by atoms with van der Waals surface area (Å²) in [5.41, 5.74) is 1.64. The van der Waals surface area contributed by atoms with Gasteiger partial charge in [0.25, 0.3) is 0 Å². The Bertz CT molecular complexity index is 876. The Kier molecular flexibility index (Phi) is 8.34. The largest absolute Gasteiger partial charge is 0.493 e. The van der Waals surface area contributed by atoms with E-state index in [1.54, 1.807) is 6.07 Å². The van der Waals surface area contributed by atoms with E-state index in [1.807, 2.05) is 19.1 Å². The predicted octanol–water partition coefficient (Wildman–Crippen LogP) is 3.67. The van der Waals surface area contributed by atoms with Gasteiger partial charge in [-0.3, -0.25) is 14.4 Å². The fourth-order valence-electron chi connectivity index (χ4n) is 4.75. The number of ether oxygens (including phenoxy) is 3. The van der Waals surface area contributed by atoms with Gasteiger partial charge in [0.05, 0.1) is 37.6 Å². The summed E-state index contributed by atoms with van der Waals surface area (Å²) in [7, 11) is -1.39. The molecular weight excluding hydrogens is 440 g/mol. The van der Waals surface area contributed by atoms with Gasteiger partial charge in [0.15, 0.2) is 0 Å². The van der Waals surface area contributed by atoms with Crippen LogP contribution in [0.4, 0.5) is 0 Å². The Morgan fingerprint density at radius 3 is 2.39 bits per heavy atom. The molecule has 0 radical (unpaired) electrons. The quantitative estimate of drug-likeness (QED) is 0.295. The van der Waals surface area contributed by atoms with Crippen LogP contribution in [0.1, 0.15) is 49.1 Å². The van der Waals surface area contributed by atoms with Crippen LogP contribution in [-0.2, 0) is 23.9 Å². The number of Topliss-reactive ketones (excluding diaryl/α,β-unsaturated/α-hetero) is 1. The Hall–Kier alpha value is -2.19. The van der Waals surface area contributed by atoms with Crippen molar-refractivity contribution in [1.29, 1.82) is 0 Å². The van der Waals surface area contributed by atoms with Gasteiger partial charge in [-0.15, -0.1) is 0 Å². The van der Waals surface area contributed by atoms with Gasteiger partial charge in [0.2, 0.25) is 0 Å². The van der Waals surface area contributed by atoms with Crippen molar-refractivity contribution in [3.05, 3.63) is 29.3 Å². The van der Waals surface area contributed by atoms with Crippen LogP contribution >= 0.6 is 0 Å². The zero-order chi connectivity index (χ0) is 24.2. The van der Waals surface area contributed by atoms with Crippen LogP contribution in [0.25, 0.3) is 0 Å². The highest BCUT2D eigenvalue weighted by Gasteiger charge is 2.57. The zero-order valence-electron chi connectivity index (χ0n) is 20.1. The Morgan fingerprint density at radius 2 is 1.73 bits per heavy atom. The van der Waals surface area contributed by atoms with Crippen molar-refractivity contribution in [2.45, 2.75) is 63.7 Å². The number of aliphatic hydroxyl groups excluding tert-OH is 1. The molecule has 1 aromatic rings. The van der Waals surface area contributed by atoms with Gasteiger partial charge < -0.3 is 19.3 Å². The van der Waals surface area contributed by atoms with Gasteiger partial charge in [-0.05, 0) is 35.7 Å². The number of carbonyl (C=O) groups excluding carboxylic acids is 3. The molecule has 1 saturated carbocycles. The maximum atomic E-state index is 13.2. The number of benzene rings is 1. The van der Waals surface area contributed by atoms with Gasteiger partial charge in [0.1, 0.15) is 11.5 Å². The molecule has 0 heterocycles. The SMILES string of the molecule is CCCOC(=O)[C@H]1[C@H](C(=O)OCC[Si](C)(C)C)C2CC(=O)[C@H]1c1cc(OCCCO)ccc12. The number of hydrogen-bond donors (Lipinski definition) is 1. The maximum Gasteiger partial charge on any atom is 0.310 e. The third-order valence-electron chi connectivity index (χ3n) is 6.40. The van der Waals surface area contributed by atoms with Crippen LogP contribution in [0.15, 0.2) is 18.2 Å². The summed E-state index contributed by atoms with van der Waals surface area (Å²) in [6.45, 7) is 9.49. The molecule has 1 N–H and O–H groups in total. The van der Waals surface area contributed by atoms with Gasteiger partial charge in [0, 0.05) is 33.4 Å². The first-order chi connectivity index (χ1) is 15.7. The van der Waals surface area contributed by atoms with Crippen LogP contribution in [-0.4, -0.2) is 57.3 Å². The molecule has 4 rings (SSSR count). The number of rotatable bonds is 11. The topological polar surface area (TPSA) is 99.1 Å². The van der Waals surface area contributed by atoms with Gasteiger partial charge in [-0.25, -0.2) is 0 Å². The van der Waals surface area contributed by atoms with Gasteiger partial charge in [-0.2, -0.15) is 0 Å². The minimum atomic E-state index is -1.39. The smallest absolute Gasteiger partial charge is 0.310 e. The molecule has 0 aromatic heterocycles. The first kappa shape index (κ1) is 25.4. The van der Waals surface area contributed by atoms with E-state index in [2.05, 4.69) is 19.6 Å². The van der Waals surface area contributed by atoms with Crippen LogP contribution in [0.3, 0.4) is 0 Å². The fraction of sp³-hybridized carbons (Fsp3) is 0.640. The minimum absolute atomic E-state index is 0.0287. The summed E-state index contributed by atoms with van der Waals surface area (Å²) < 4.78 is 16.8. The first-order valence-electron chi connectivity index (χ1n) is 11.9. The van der Waals surface area contributed by atoms with E-state index in [0.717, 1.165) is 17.2 Å². The molecule has 8 heteroatoms. The van der Waals surface area contributed by atoms with Gasteiger partial charge >= 0.3 is 11.9 Å². The lowest BCUT2D eigenvalue weighted by molar-refractivity contribution is -0.167. The molecule has 3 aliphatic carbocycles. The van der Waals surface area contributed by atoms with E-state index in [9.17, 15) is 14.4 Å². The third kappa shape index (κ3) is 5.84. The molecule has 33 heavy (non-hydrogen) atoms. The zero-order valence-corrected chi connectivity index (χ0v) is 21.1. The molecule has 0 aliphatic heterocycles. The Morgan fingerprint density at radius 1 is 1.03 bits per heavy atom. The summed E-state index contributed by atoms with van der Waals surface area (Å²) in [6.07, 6.45) is 1.37. The van der Waals surface area contributed by atoms with Crippen molar-refractivity contribution in [1.82, 2.24) is 0 Å². The summed E-state index contributed by atoms with van der Waals surface area (Å²) in [5.74, 6) is -3.17. The third-order valence-corrected chi connectivity index (χ3v) is 8.10. The van der Waals surface area contributed by atoms with Crippen molar-refractivity contribution in [3.63, 3.8) is 0 Å². The Balaban J connectivity index is 1.92. The summed E-state index contributed by atoms with van der Waals surface area (Å²) in [4.78, 5) is 39.4. The lowest BCUT2D eigenvalue weighted by Crippen LogP contribution is -2.50. The van der Waals surface area contributed by atoms with E-state index >= 15 is 0 Å². The highest BCUT2D eigenvalue weighted by Crippen LogP contribution is 2.55. The molecule has 3 aliphatic rings. The molecule has 2 bridgehead atoms. The van der Waals surface area contributed by atoms with E-state index in [-0.39, 0.29) is 25.4 Å². The molecule has 1 unspecified atom stereocenters. The van der Waals surface area contributed by atoms with Crippen molar-refractivity contribution < 1.29 is 33.7 Å². The second-order valence-corrected chi connectivity index (χ2v) is 15.8. The minimum Gasteiger partial charge on any atom is -0.493 e. The van der Waals surface area contributed by atoms with E-state index in [0.29, 0.717) is 31.8 Å². The van der Waals surface area contributed by atoms with E-state index in [4.69, 9.17) is 19.3 Å². The highest BCUT2D eigenvalue weighted by molar-refractivity contribution is 6.76. The molecule has 0 spiro atoms. The van der Waals surface area contributed by atoms with E-state index in [1.165, 1.54) is 0 Å². The predicted molar refractivity (Wildman–Crippen MR) is 126 cm³/mol. The Labute approximate surface area is 196 Å². The van der Waals surface area contributed by atoms with Crippen LogP contribution in [0, 0.1) is 11.8 Å². The van der Waals surface area contributed by atoms with E-state index < -0.39 is 43.7 Å². The van der Waals surface area contributed by atoms with Crippen LogP contribution < -0.4 is 4.74 Å². The fourth-order valence-corrected chi connectivity index (χ4v) is 5.46. The summed E-state index contributed by atoms with van der Waals surface area (Å²) in [6, 6.07) is 6.35. The molecule has 1 fully saturated rings. The molecule has 1 aromatic carbocycles. The molecule has 0 amide bonds. The lowest BCUT2D eigenvalue weighted by atomic mass is 9.55. The number of fused-ring (bicyclic) bond motifs is 2. The molecular formula is C25H36O7Si. The molecule has 182 valence electrons. The molecule has 7 nitrogen and oxygen atoms in total. The maximum absolute atomic E-state index is 13.2. The highest BCUT2D eigenvalue weighted by atomic mass is 28.3. The standard InChI is InChI=1S/C25H36O7Si/c1-5-10-31-25(29)23-21-18-14-16(30-11-6-9-26)7-8-17(18)19(15-20(21)27)22(23)24(28)32-12-13-33(2,3)4/h7-8,14,19,21-23,26H,5-6,9-13,15H2,1-4H3/t19?,21-,22-,23-/m1/s1. The normalized spacial score (nSPS) is 23.7. The average Bonchev–Trinajstić information content (AvgIpc) is 2.76. The molecule has 4 atom stereocenters. The number of aliphatic hydroxyl groups is 1. The van der Waals surface area contributed by atoms with Crippen LogP contribution in [0.5, 0.6) is 5.75 Å². The number of ketones is 1. The molecule has 0 saturated heterocycles. The lowest BCUT2D eigenvalue weighted by Gasteiger charge is -2.46. The number of esters is 2. The second-order valence-electron chi connectivity index (χ2n) is 10.2. The van der Waals surface area contributed by atoms with Crippen molar-refractivity contribution in [2.75, 3.05) is 26.4 Å². The van der Waals surface area contributed by atoms with Crippen LogP contribution in [0.2, 0.25) is 25.7 Å². The van der Waals surface area contributed by atoms with Gasteiger partial charge in [-0.1, -0.05) is 32.6 Å². The van der Waals surface area contributed by atoms with Crippen molar-refractivity contribution >= 4 is 25.8 Å². The number of carbonyl (C=O) groups is 3. The second kappa shape index (κ2) is 10.8. The van der Waals surface area contributed by atoms with Crippen molar-refractivity contribution in [2.24, 2.45) is 11.8 Å².